The highest BCUT2D eigenvalue weighted by molar-refractivity contribution is 5.97. The Labute approximate surface area is 157 Å². The zero-order valence-electron chi connectivity index (χ0n) is 15.6. The Morgan fingerprint density at radius 1 is 1.15 bits per heavy atom. The molecule has 1 unspecified atom stereocenters. The van der Waals surface area contributed by atoms with E-state index in [0.717, 1.165) is 22.6 Å². The largest absolute Gasteiger partial charge is 0.497 e. The number of ether oxygens (including phenoxy) is 1. The molecule has 6 heteroatoms. The average molecular weight is 363 g/mol. The molecule has 0 bridgehead atoms. The van der Waals surface area contributed by atoms with Gasteiger partial charge in [-0.3, -0.25) is 4.79 Å². The third-order valence-corrected chi connectivity index (χ3v) is 4.91. The number of nitrogens with zero attached hydrogens (tertiary/aromatic N) is 3. The lowest BCUT2D eigenvalue weighted by Crippen LogP contribution is -2.25. The van der Waals surface area contributed by atoms with Crippen molar-refractivity contribution >= 4 is 11.6 Å². The molecule has 0 N–H and O–H groups in total. The van der Waals surface area contributed by atoms with E-state index in [1.54, 1.807) is 7.11 Å². The van der Waals surface area contributed by atoms with Gasteiger partial charge in [-0.1, -0.05) is 22.9 Å². The third kappa shape index (κ3) is 3.30. The lowest BCUT2D eigenvalue weighted by molar-refractivity contribution is -0.117. The second-order valence-corrected chi connectivity index (χ2v) is 6.88. The molecular formula is C21H21N3O3. The monoisotopic (exact) mass is 363 g/mol. The van der Waals surface area contributed by atoms with Gasteiger partial charge in [0.05, 0.1) is 13.0 Å². The molecule has 3 aromatic rings. The van der Waals surface area contributed by atoms with Crippen LogP contribution >= 0.6 is 0 Å². The molecule has 1 amide bonds. The van der Waals surface area contributed by atoms with Gasteiger partial charge in [-0.15, -0.1) is 0 Å². The number of aromatic nitrogens is 2. The first kappa shape index (κ1) is 17.3. The summed E-state index contributed by atoms with van der Waals surface area (Å²) >= 11 is 0. The zero-order valence-corrected chi connectivity index (χ0v) is 15.6. The van der Waals surface area contributed by atoms with Crippen LogP contribution in [0, 0.1) is 13.8 Å². The van der Waals surface area contributed by atoms with E-state index in [1.165, 1.54) is 5.56 Å². The Kier molecular flexibility index (Phi) is 4.39. The van der Waals surface area contributed by atoms with Gasteiger partial charge < -0.3 is 14.2 Å². The summed E-state index contributed by atoms with van der Waals surface area (Å²) in [6, 6.07) is 13.6. The maximum absolute atomic E-state index is 12.6. The van der Waals surface area contributed by atoms with E-state index < -0.39 is 0 Å². The summed E-state index contributed by atoms with van der Waals surface area (Å²) in [5.41, 5.74) is 4.07. The van der Waals surface area contributed by atoms with E-state index >= 15 is 0 Å². The summed E-state index contributed by atoms with van der Waals surface area (Å²) in [7, 11) is 1.63. The molecule has 1 saturated heterocycles. The van der Waals surface area contributed by atoms with E-state index in [-0.39, 0.29) is 11.8 Å². The molecule has 2 heterocycles. The number of hydrogen-bond acceptors (Lipinski definition) is 5. The fourth-order valence-corrected chi connectivity index (χ4v) is 3.47. The highest BCUT2D eigenvalue weighted by Gasteiger charge is 2.35. The van der Waals surface area contributed by atoms with Crippen molar-refractivity contribution in [2.24, 2.45) is 0 Å². The van der Waals surface area contributed by atoms with Crippen LogP contribution in [-0.2, 0) is 4.79 Å². The van der Waals surface area contributed by atoms with Crippen LogP contribution in [0.3, 0.4) is 0 Å². The van der Waals surface area contributed by atoms with Crippen molar-refractivity contribution in [1.82, 2.24) is 10.1 Å². The quantitative estimate of drug-likeness (QED) is 0.703. The summed E-state index contributed by atoms with van der Waals surface area (Å²) in [5.74, 6) is 1.77. The van der Waals surface area contributed by atoms with Gasteiger partial charge in [0.2, 0.25) is 17.6 Å². The minimum Gasteiger partial charge on any atom is -0.497 e. The number of aryl methyl sites for hydroxylation is 2. The van der Waals surface area contributed by atoms with Crippen LogP contribution < -0.4 is 9.64 Å². The summed E-state index contributed by atoms with van der Waals surface area (Å²) in [5, 5.41) is 4.08. The van der Waals surface area contributed by atoms with Gasteiger partial charge in [-0.2, -0.15) is 4.98 Å². The fraction of sp³-hybridized carbons (Fsp3) is 0.286. The molecule has 27 heavy (non-hydrogen) atoms. The van der Waals surface area contributed by atoms with E-state index in [4.69, 9.17) is 9.26 Å². The van der Waals surface area contributed by atoms with Crippen molar-refractivity contribution in [3.8, 4) is 17.1 Å². The van der Waals surface area contributed by atoms with Gasteiger partial charge in [0, 0.05) is 24.2 Å². The maximum Gasteiger partial charge on any atom is 0.232 e. The molecule has 4 rings (SSSR count). The lowest BCUT2D eigenvalue weighted by Gasteiger charge is -2.19. The molecule has 2 aromatic carbocycles. The standard InChI is InChI=1S/C21H21N3O3/c1-13-4-9-18(14(2)10-13)24-12-16(11-19(24)25)21-22-20(23-27-21)15-5-7-17(26-3)8-6-15/h4-10,16H,11-12H2,1-3H3. The number of methoxy groups -OCH3 is 1. The number of benzene rings is 2. The Balaban J connectivity index is 1.54. The number of hydrogen-bond donors (Lipinski definition) is 0. The zero-order chi connectivity index (χ0) is 19.0. The number of amides is 1. The van der Waals surface area contributed by atoms with Gasteiger partial charge in [0.25, 0.3) is 0 Å². The SMILES string of the molecule is COc1ccc(-c2noc(C3CC(=O)N(c4ccc(C)cc4C)C3)n2)cc1. The molecule has 0 spiro atoms. The maximum atomic E-state index is 12.6. The highest BCUT2D eigenvalue weighted by Crippen LogP contribution is 2.33. The van der Waals surface area contributed by atoms with Gasteiger partial charge >= 0.3 is 0 Å². The smallest absolute Gasteiger partial charge is 0.232 e. The predicted molar refractivity (Wildman–Crippen MR) is 102 cm³/mol. The predicted octanol–water partition coefficient (Wildman–Crippen LogP) is 3.88. The first-order valence-electron chi connectivity index (χ1n) is 8.91. The second-order valence-electron chi connectivity index (χ2n) is 6.88. The van der Waals surface area contributed by atoms with Crippen molar-refractivity contribution in [1.29, 1.82) is 0 Å². The highest BCUT2D eigenvalue weighted by atomic mass is 16.5. The minimum absolute atomic E-state index is 0.0798. The van der Waals surface area contributed by atoms with Crippen molar-refractivity contribution in [2.45, 2.75) is 26.2 Å². The molecule has 138 valence electrons. The second kappa shape index (κ2) is 6.87. The third-order valence-electron chi connectivity index (χ3n) is 4.91. The molecule has 1 fully saturated rings. The summed E-state index contributed by atoms with van der Waals surface area (Å²) < 4.78 is 10.6. The van der Waals surface area contributed by atoms with Crippen molar-refractivity contribution < 1.29 is 14.1 Å². The van der Waals surface area contributed by atoms with Gasteiger partial charge in [-0.25, -0.2) is 0 Å². The molecule has 0 saturated carbocycles. The van der Waals surface area contributed by atoms with Gasteiger partial charge in [-0.05, 0) is 49.7 Å². The fourth-order valence-electron chi connectivity index (χ4n) is 3.47. The van der Waals surface area contributed by atoms with Crippen LogP contribution in [0.25, 0.3) is 11.4 Å². The van der Waals surface area contributed by atoms with Gasteiger partial charge in [0.15, 0.2) is 0 Å². The number of carbonyl (C=O) groups excluding carboxylic acids is 1. The van der Waals surface area contributed by atoms with E-state index in [1.807, 2.05) is 55.1 Å². The van der Waals surface area contributed by atoms with E-state index in [9.17, 15) is 4.79 Å². The summed E-state index contributed by atoms with van der Waals surface area (Å²) in [6.07, 6.45) is 0.373. The first-order chi connectivity index (χ1) is 13.0. The number of carbonyl (C=O) groups is 1. The average Bonchev–Trinajstić information content (AvgIpc) is 3.29. The first-order valence-corrected chi connectivity index (χ1v) is 8.91. The van der Waals surface area contributed by atoms with Gasteiger partial charge in [0.1, 0.15) is 5.75 Å². The van der Waals surface area contributed by atoms with Crippen LogP contribution in [0.15, 0.2) is 47.0 Å². The Hall–Kier alpha value is -3.15. The summed E-state index contributed by atoms with van der Waals surface area (Å²) in [6.45, 7) is 4.62. The molecular weight excluding hydrogens is 342 g/mol. The van der Waals surface area contributed by atoms with Crippen LogP contribution in [0.2, 0.25) is 0 Å². The topological polar surface area (TPSA) is 68.5 Å². The molecule has 0 radical (unpaired) electrons. The minimum atomic E-state index is -0.0994. The molecule has 0 aliphatic carbocycles. The Bertz CT molecular complexity index is 979. The molecule has 1 aliphatic heterocycles. The van der Waals surface area contributed by atoms with Crippen LogP contribution in [-0.4, -0.2) is 29.7 Å². The Morgan fingerprint density at radius 2 is 1.93 bits per heavy atom. The number of anilines is 1. The lowest BCUT2D eigenvalue weighted by atomic mass is 10.1. The van der Waals surface area contributed by atoms with Crippen LogP contribution in [0.1, 0.15) is 29.4 Å². The molecule has 1 aliphatic rings. The van der Waals surface area contributed by atoms with E-state index in [2.05, 4.69) is 16.2 Å². The summed E-state index contributed by atoms with van der Waals surface area (Å²) in [4.78, 5) is 18.9. The van der Waals surface area contributed by atoms with Crippen molar-refractivity contribution in [3.63, 3.8) is 0 Å². The van der Waals surface area contributed by atoms with Crippen molar-refractivity contribution in [2.75, 3.05) is 18.6 Å². The molecule has 1 aromatic heterocycles. The molecule has 6 nitrogen and oxygen atoms in total. The van der Waals surface area contributed by atoms with Crippen molar-refractivity contribution in [3.05, 3.63) is 59.5 Å². The normalized spacial score (nSPS) is 16.8. The van der Waals surface area contributed by atoms with Crippen LogP contribution in [0.4, 0.5) is 5.69 Å². The van der Waals surface area contributed by atoms with E-state index in [0.29, 0.717) is 24.7 Å². The van der Waals surface area contributed by atoms with Crippen LogP contribution in [0.5, 0.6) is 5.75 Å². The number of rotatable bonds is 4. The molecule has 1 atom stereocenters. The Morgan fingerprint density at radius 3 is 2.63 bits per heavy atom.